The topological polar surface area (TPSA) is 101 Å². The van der Waals surface area contributed by atoms with Crippen molar-refractivity contribution >= 4 is 15.9 Å². The molecule has 0 radical (unpaired) electrons. The molecule has 1 amide bonds. The number of carbonyl (C=O) groups is 1. The van der Waals surface area contributed by atoms with E-state index in [4.69, 9.17) is 5.73 Å². The predicted octanol–water partition coefficient (Wildman–Crippen LogP) is -0.697. The quantitative estimate of drug-likeness (QED) is 0.643. The fourth-order valence-corrected chi connectivity index (χ4v) is 3.22. The number of carbonyl (C=O) groups excluding carboxylic acids is 1. The second-order valence-electron chi connectivity index (χ2n) is 4.48. The summed E-state index contributed by atoms with van der Waals surface area (Å²) in [4.78, 5) is 10.6. The molecule has 1 aromatic rings. The third-order valence-corrected chi connectivity index (χ3v) is 4.41. The molecule has 112 valence electrons. The lowest BCUT2D eigenvalue weighted by molar-refractivity contribution is -0.119. The van der Waals surface area contributed by atoms with E-state index < -0.39 is 26.8 Å². The zero-order valence-corrected chi connectivity index (χ0v) is 11.8. The summed E-state index contributed by atoms with van der Waals surface area (Å²) in [7, 11) is -4.03. The number of nitrogens with two attached hydrogens (primary N) is 1. The van der Waals surface area contributed by atoms with Gasteiger partial charge in [0.25, 0.3) is 0 Å². The molecule has 4 N–H and O–H groups in total. The molecule has 0 aliphatic carbocycles. The highest BCUT2D eigenvalue weighted by Gasteiger charge is 2.28. The summed E-state index contributed by atoms with van der Waals surface area (Å²) in [6.45, 7) is 0.325. The van der Waals surface area contributed by atoms with Crippen LogP contribution in [0.15, 0.2) is 23.1 Å². The second kappa shape index (κ2) is 6.22. The Hall–Kier alpha value is -1.95. The van der Waals surface area contributed by atoms with Crippen molar-refractivity contribution in [1.82, 2.24) is 10.0 Å². The minimum Gasteiger partial charge on any atom is -0.354 e. The predicted molar refractivity (Wildman–Crippen MR) is 74.1 cm³/mol. The first kappa shape index (κ1) is 15.4. The molecule has 1 saturated heterocycles. The van der Waals surface area contributed by atoms with Gasteiger partial charge in [0.15, 0.2) is 0 Å². The standard InChI is InChI=1S/C13H14FN3O3S/c14-11-6-9(2-1-5-15)3-4-12(11)21(19,20)17-10-7-13(18)16-8-10/h3-4,6,10,17H,5,7-8,15H2,(H,16,18). The highest BCUT2D eigenvalue weighted by molar-refractivity contribution is 7.89. The van der Waals surface area contributed by atoms with Crippen LogP contribution in [0.25, 0.3) is 0 Å². The molecule has 0 aromatic heterocycles. The van der Waals surface area contributed by atoms with E-state index in [0.717, 1.165) is 12.1 Å². The van der Waals surface area contributed by atoms with Gasteiger partial charge in [0.05, 0.1) is 6.54 Å². The van der Waals surface area contributed by atoms with Crippen LogP contribution in [0, 0.1) is 17.7 Å². The van der Waals surface area contributed by atoms with E-state index >= 15 is 0 Å². The number of benzene rings is 1. The van der Waals surface area contributed by atoms with Crippen molar-refractivity contribution < 1.29 is 17.6 Å². The summed E-state index contributed by atoms with van der Waals surface area (Å²) in [5, 5.41) is 2.50. The van der Waals surface area contributed by atoms with Crippen LogP contribution in [0.1, 0.15) is 12.0 Å². The molecule has 1 fully saturated rings. The zero-order valence-electron chi connectivity index (χ0n) is 11.0. The minimum atomic E-state index is -4.03. The Kier molecular flexibility index (Phi) is 4.57. The van der Waals surface area contributed by atoms with Crippen LogP contribution < -0.4 is 15.8 Å². The first-order chi connectivity index (χ1) is 9.92. The van der Waals surface area contributed by atoms with Gasteiger partial charge >= 0.3 is 0 Å². The van der Waals surface area contributed by atoms with Gasteiger partial charge in [0, 0.05) is 24.6 Å². The summed E-state index contributed by atoms with van der Waals surface area (Å²) in [5.41, 5.74) is 5.55. The van der Waals surface area contributed by atoms with Gasteiger partial charge in [-0.25, -0.2) is 17.5 Å². The number of hydrogen-bond acceptors (Lipinski definition) is 4. The van der Waals surface area contributed by atoms with Crippen LogP contribution in [-0.4, -0.2) is 33.5 Å². The monoisotopic (exact) mass is 311 g/mol. The van der Waals surface area contributed by atoms with Crippen LogP contribution >= 0.6 is 0 Å². The van der Waals surface area contributed by atoms with Crippen LogP contribution in [0.4, 0.5) is 4.39 Å². The zero-order chi connectivity index (χ0) is 15.5. The lowest BCUT2D eigenvalue weighted by atomic mass is 10.2. The van der Waals surface area contributed by atoms with Gasteiger partial charge < -0.3 is 11.1 Å². The van der Waals surface area contributed by atoms with Crippen molar-refractivity contribution in [3.05, 3.63) is 29.6 Å². The molecule has 21 heavy (non-hydrogen) atoms. The van der Waals surface area contributed by atoms with Gasteiger partial charge in [0.2, 0.25) is 15.9 Å². The van der Waals surface area contributed by atoms with Gasteiger partial charge in [-0.3, -0.25) is 4.79 Å². The molecule has 1 aromatic carbocycles. The smallest absolute Gasteiger partial charge is 0.243 e. The van der Waals surface area contributed by atoms with Crippen molar-refractivity contribution in [1.29, 1.82) is 0 Å². The molecule has 0 spiro atoms. The van der Waals surface area contributed by atoms with Gasteiger partial charge in [-0.2, -0.15) is 0 Å². The Morgan fingerprint density at radius 2 is 2.24 bits per heavy atom. The van der Waals surface area contributed by atoms with E-state index in [2.05, 4.69) is 21.9 Å². The molecule has 1 atom stereocenters. The van der Waals surface area contributed by atoms with E-state index in [9.17, 15) is 17.6 Å². The Bertz CT molecular complexity index is 722. The number of hydrogen-bond donors (Lipinski definition) is 3. The highest BCUT2D eigenvalue weighted by Crippen LogP contribution is 2.17. The summed E-state index contributed by atoms with van der Waals surface area (Å²) < 4.78 is 40.4. The largest absolute Gasteiger partial charge is 0.354 e. The average Bonchev–Trinajstić information content (AvgIpc) is 2.80. The third kappa shape index (κ3) is 3.78. The molecule has 0 bridgehead atoms. The molecular weight excluding hydrogens is 297 g/mol. The lowest BCUT2D eigenvalue weighted by Crippen LogP contribution is -2.36. The molecule has 1 heterocycles. The fraction of sp³-hybridized carbons (Fsp3) is 0.308. The molecule has 8 heteroatoms. The maximum atomic E-state index is 13.9. The molecule has 6 nitrogen and oxygen atoms in total. The summed E-state index contributed by atoms with van der Waals surface area (Å²) >= 11 is 0. The van der Waals surface area contributed by atoms with Gasteiger partial charge in [0.1, 0.15) is 10.7 Å². The van der Waals surface area contributed by atoms with E-state index in [1.807, 2.05) is 0 Å². The number of amides is 1. The first-order valence-electron chi connectivity index (χ1n) is 6.20. The molecule has 2 rings (SSSR count). The average molecular weight is 311 g/mol. The van der Waals surface area contributed by atoms with Crippen molar-refractivity contribution in [2.45, 2.75) is 17.4 Å². The van der Waals surface area contributed by atoms with E-state index in [0.29, 0.717) is 5.56 Å². The minimum absolute atomic E-state index is 0.0426. The van der Waals surface area contributed by atoms with E-state index in [1.165, 1.54) is 6.07 Å². The maximum Gasteiger partial charge on any atom is 0.243 e. The number of nitrogens with one attached hydrogen (secondary N) is 2. The van der Waals surface area contributed by atoms with E-state index in [1.54, 1.807) is 0 Å². The lowest BCUT2D eigenvalue weighted by Gasteiger charge is -2.11. The van der Waals surface area contributed by atoms with Crippen LogP contribution in [0.5, 0.6) is 0 Å². The summed E-state index contributed by atoms with van der Waals surface area (Å²) in [5.74, 6) is 4.03. The maximum absolute atomic E-state index is 13.9. The van der Waals surface area contributed by atoms with Crippen LogP contribution in [0.2, 0.25) is 0 Å². The number of halogens is 1. The van der Waals surface area contributed by atoms with Crippen molar-refractivity contribution in [2.24, 2.45) is 5.73 Å². The van der Waals surface area contributed by atoms with Crippen LogP contribution in [-0.2, 0) is 14.8 Å². The number of rotatable bonds is 3. The Balaban J connectivity index is 2.22. The second-order valence-corrected chi connectivity index (χ2v) is 6.16. The summed E-state index contributed by atoms with van der Waals surface area (Å²) in [6.07, 6.45) is 0.0426. The van der Waals surface area contributed by atoms with Crippen molar-refractivity contribution in [3.63, 3.8) is 0 Å². The molecule has 1 unspecified atom stereocenters. The molecule has 1 aliphatic rings. The molecular formula is C13H14FN3O3S. The van der Waals surface area contributed by atoms with Gasteiger partial charge in [-0.1, -0.05) is 11.8 Å². The van der Waals surface area contributed by atoms with Gasteiger partial charge in [-0.05, 0) is 18.2 Å². The Morgan fingerprint density at radius 3 is 2.81 bits per heavy atom. The molecule has 1 aliphatic heterocycles. The number of sulfonamides is 1. The van der Waals surface area contributed by atoms with Crippen molar-refractivity contribution in [2.75, 3.05) is 13.1 Å². The fourth-order valence-electron chi connectivity index (χ4n) is 1.92. The first-order valence-corrected chi connectivity index (χ1v) is 7.68. The SMILES string of the molecule is NCC#Cc1ccc(S(=O)(=O)NC2CNC(=O)C2)c(F)c1. The highest BCUT2D eigenvalue weighted by atomic mass is 32.2. The Labute approximate surface area is 122 Å². The molecule has 0 saturated carbocycles. The van der Waals surface area contributed by atoms with E-state index in [-0.39, 0.29) is 25.4 Å². The van der Waals surface area contributed by atoms with Gasteiger partial charge in [-0.15, -0.1) is 0 Å². The summed E-state index contributed by atoms with van der Waals surface area (Å²) in [6, 6.07) is 3.01. The van der Waals surface area contributed by atoms with Crippen LogP contribution in [0.3, 0.4) is 0 Å². The normalized spacial score (nSPS) is 18.0. The van der Waals surface area contributed by atoms with Crippen molar-refractivity contribution in [3.8, 4) is 11.8 Å². The third-order valence-electron chi connectivity index (χ3n) is 2.86. The Morgan fingerprint density at radius 1 is 1.48 bits per heavy atom.